The van der Waals surface area contributed by atoms with Gasteiger partial charge in [-0.05, 0) is 208 Å². The fourth-order valence-electron chi connectivity index (χ4n) is 10.4. The number of phenolic OH excluding ortho intramolecular Hbond substituents is 4. The standard InChI is InChI=1S/C23H24N2O5.2C21H20N2O4.C21H19NO5.Ar/c1-30-23-13-17(5-9-22(23)29)3-7-20-14-19(24-25(20)10-11-26)6-2-16-4-8-21(28)18(12-16)15-27;2*1-27-21-11-15(5-9-20(21)26)3-7-18-12-17(22-23-18)6-2-14-4-8-19(25)16(10-14)13-24;1-26-21-11-15(5-9-20(21)25)3-7-18-12-17(22-27-18)6-2-14-4-8-19(24)16(10-14)13-23;/h2-9,12-14,26-29H,10-11,15H2,1H3;2*2-12,24-26H,13H2,1H3,(H,22,23);2-12,23-25H,13H2,1H3;/b4*6-2+,7-3+;. The Morgan fingerprint density at radius 2 is 0.616 bits per heavy atom. The van der Waals surface area contributed by atoms with Gasteiger partial charge in [-0.3, -0.25) is 14.9 Å². The average Bonchev–Trinajstić information content (AvgIpc) is 1.69. The fraction of sp³-hybridized carbons (Fsp3) is 0.116. The number of aromatic amines is 2. The van der Waals surface area contributed by atoms with Gasteiger partial charge in [0.2, 0.25) is 0 Å². The van der Waals surface area contributed by atoms with Crippen LogP contribution in [0, 0.1) is 37.7 Å². The van der Waals surface area contributed by atoms with Crippen molar-refractivity contribution in [3.63, 3.8) is 0 Å². The van der Waals surface area contributed by atoms with Gasteiger partial charge in [-0.1, -0.05) is 102 Å². The van der Waals surface area contributed by atoms with Gasteiger partial charge >= 0.3 is 0 Å². The Labute approximate surface area is 674 Å². The summed E-state index contributed by atoms with van der Waals surface area (Å²) in [6.45, 7) is -0.597. The summed E-state index contributed by atoms with van der Waals surface area (Å²) in [7, 11) is 6.01. The van der Waals surface area contributed by atoms with Crippen LogP contribution in [0.4, 0.5) is 0 Å². The third-order valence-corrected chi connectivity index (χ3v) is 16.4. The van der Waals surface area contributed by atoms with E-state index in [1.807, 2.05) is 103 Å². The Balaban J connectivity index is 0.000000187. The minimum absolute atomic E-state index is 0. The van der Waals surface area contributed by atoms with E-state index < -0.39 is 0 Å². The van der Waals surface area contributed by atoms with Crippen molar-refractivity contribution in [3.05, 3.63) is 282 Å². The molecule has 4 aromatic heterocycles. The molecule has 15 N–H and O–H groups in total. The van der Waals surface area contributed by atoms with Crippen molar-refractivity contribution in [2.24, 2.45) is 0 Å². The van der Waals surface area contributed by atoms with Crippen LogP contribution in [0.25, 0.3) is 97.2 Å². The van der Waals surface area contributed by atoms with Gasteiger partial charge in [0.05, 0.1) is 102 Å². The van der Waals surface area contributed by atoms with Crippen molar-refractivity contribution in [3.8, 4) is 69.0 Å². The molecule has 0 aliphatic carbocycles. The second kappa shape index (κ2) is 42.8. The van der Waals surface area contributed by atoms with Gasteiger partial charge in [0.25, 0.3) is 0 Å². The molecule has 0 amide bonds. The zero-order chi connectivity index (χ0) is 79.2. The molecule has 0 fully saturated rings. The topological polar surface area (TPSA) is 401 Å². The van der Waals surface area contributed by atoms with Gasteiger partial charge in [0.15, 0.2) is 51.8 Å². The molecule has 0 radical (unpaired) electrons. The maximum atomic E-state index is 9.71. The Morgan fingerprint density at radius 1 is 0.321 bits per heavy atom. The van der Waals surface area contributed by atoms with Crippen LogP contribution in [-0.4, -0.2) is 137 Å². The Kier molecular flexibility index (Phi) is 32.4. The number of nitrogens with one attached hydrogen (secondary N) is 2. The molecule has 0 saturated carbocycles. The molecule has 112 heavy (non-hydrogen) atoms. The Hall–Kier alpha value is -12.8. The second-order valence-electron chi connectivity index (χ2n) is 24.2. The van der Waals surface area contributed by atoms with Crippen molar-refractivity contribution in [2.75, 3.05) is 35.0 Å². The van der Waals surface area contributed by atoms with Crippen LogP contribution in [0.5, 0.6) is 69.0 Å². The van der Waals surface area contributed by atoms with E-state index in [0.29, 0.717) is 68.9 Å². The molecule has 25 nitrogen and oxygen atoms in total. The largest absolute Gasteiger partial charge is 0.508 e. The molecule has 0 aliphatic heterocycles. The van der Waals surface area contributed by atoms with E-state index >= 15 is 0 Å². The summed E-state index contributed by atoms with van der Waals surface area (Å²) < 4.78 is 27.4. The van der Waals surface area contributed by atoms with Crippen LogP contribution < -0.4 is 18.9 Å². The first-order valence-corrected chi connectivity index (χ1v) is 34.2. The summed E-state index contributed by atoms with van der Waals surface area (Å²) in [6.07, 6.45) is 29.5. The summed E-state index contributed by atoms with van der Waals surface area (Å²) in [6, 6.07) is 47.8. The van der Waals surface area contributed by atoms with E-state index in [-0.39, 0.29) is 117 Å². The van der Waals surface area contributed by atoms with Gasteiger partial charge in [-0.2, -0.15) is 15.3 Å². The normalized spacial score (nSPS) is 11.4. The van der Waals surface area contributed by atoms with Gasteiger partial charge < -0.3 is 89.9 Å². The molecule has 12 rings (SSSR count). The first kappa shape index (κ1) is 84.8. The van der Waals surface area contributed by atoms with E-state index in [4.69, 9.17) is 23.5 Å². The van der Waals surface area contributed by atoms with E-state index in [2.05, 4.69) is 30.7 Å². The Morgan fingerprint density at radius 3 is 0.946 bits per heavy atom. The number of hydrogen-bond donors (Lipinski definition) is 15. The molecule has 12 aromatic rings. The molecule has 0 bridgehead atoms. The van der Waals surface area contributed by atoms with Gasteiger partial charge in [-0.25, -0.2) is 0 Å². The van der Waals surface area contributed by atoms with E-state index in [1.54, 1.807) is 156 Å². The number of H-pyrrole nitrogens is 2. The second-order valence-corrected chi connectivity index (χ2v) is 24.2. The number of nitrogens with zero attached hydrogens (tertiary/aromatic N) is 5. The fourth-order valence-corrected chi connectivity index (χ4v) is 10.4. The number of aliphatic hydroxyl groups is 5. The molecule has 0 unspecified atom stereocenters. The predicted molar refractivity (Wildman–Crippen MR) is 429 cm³/mol. The third-order valence-electron chi connectivity index (χ3n) is 16.4. The van der Waals surface area contributed by atoms with Crippen LogP contribution in [0.2, 0.25) is 0 Å². The maximum Gasteiger partial charge on any atom is 0.161 e. The first-order valence-electron chi connectivity index (χ1n) is 34.2. The first-order chi connectivity index (χ1) is 53.8. The van der Waals surface area contributed by atoms with Gasteiger partial charge in [0, 0.05) is 66.1 Å². The van der Waals surface area contributed by atoms with Crippen molar-refractivity contribution in [2.45, 2.75) is 33.0 Å². The van der Waals surface area contributed by atoms with Crippen molar-refractivity contribution >= 4 is 97.2 Å². The number of benzene rings is 8. The van der Waals surface area contributed by atoms with Crippen LogP contribution >= 0.6 is 0 Å². The summed E-state index contributed by atoms with van der Waals surface area (Å²) in [5.41, 5.74) is 14.0. The molecule has 4 heterocycles. The molecule has 26 heteroatoms. The quantitative estimate of drug-likeness (QED) is 0.0239. The van der Waals surface area contributed by atoms with Crippen molar-refractivity contribution < 1.29 is 128 Å². The maximum absolute atomic E-state index is 9.71. The van der Waals surface area contributed by atoms with E-state index in [1.165, 1.54) is 40.6 Å². The van der Waals surface area contributed by atoms with Crippen LogP contribution in [-0.2, 0) is 33.0 Å². The minimum Gasteiger partial charge on any atom is -0.508 e. The number of methoxy groups -OCH3 is 4. The van der Waals surface area contributed by atoms with Gasteiger partial charge in [0.1, 0.15) is 28.7 Å². The van der Waals surface area contributed by atoms with E-state index in [9.17, 15) is 66.4 Å². The molecule has 0 saturated heterocycles. The summed E-state index contributed by atoms with van der Waals surface area (Å²) in [4.78, 5) is 0. The van der Waals surface area contributed by atoms with E-state index in [0.717, 1.165) is 73.0 Å². The van der Waals surface area contributed by atoms with Crippen LogP contribution in [0.1, 0.15) is 112 Å². The smallest absolute Gasteiger partial charge is 0.161 e. The number of ether oxygens (including phenoxy) is 4. The number of hydrogen-bond acceptors (Lipinski definition) is 22. The zero-order valence-corrected chi connectivity index (χ0v) is 61.8. The number of phenols is 8. The number of rotatable bonds is 26. The number of aromatic hydroxyl groups is 8. The van der Waals surface area contributed by atoms with Crippen molar-refractivity contribution in [1.82, 2.24) is 35.3 Å². The summed E-state index contributed by atoms with van der Waals surface area (Å²) in [5.74, 6) is 2.83. The monoisotopic (exact) mass is 1540 g/mol. The van der Waals surface area contributed by atoms with Crippen LogP contribution in [0.3, 0.4) is 0 Å². The number of aliphatic hydroxyl groups excluding tert-OH is 5. The molecule has 8 aromatic carbocycles. The number of aromatic nitrogens is 7. The minimum atomic E-state index is -0.240. The summed E-state index contributed by atoms with van der Waals surface area (Å²) >= 11 is 0. The van der Waals surface area contributed by atoms with Crippen molar-refractivity contribution in [1.29, 1.82) is 0 Å². The SMILES string of the molecule is COc1cc(/C=C/c2cc(/C=C/c3ccc(O)c(CO)c3)n[nH]2)ccc1O.COc1cc(/C=C/c2cc(/C=C/c3ccc(O)c(CO)c3)n[nH]2)ccc1O.COc1cc(/C=C/c2cc(/C=C/c3ccc(O)c(CO)c3)nn2CCO)ccc1O.COc1cc(/C=C/c2cc(/C=C/c3ccc(O)c(CO)c3)no2)ccc1O.[Ar]. The third kappa shape index (κ3) is 25.1. The Bertz CT molecular complexity index is 4740. The summed E-state index contributed by atoms with van der Waals surface area (Å²) in [5, 5.41) is 146. The molecular weight excluding hydrogens is 1460 g/mol. The molecular formula is C86H83ArN7O18. The van der Waals surface area contributed by atoms with Crippen LogP contribution in [0.15, 0.2) is 174 Å². The molecule has 0 spiro atoms. The molecule has 578 valence electrons. The molecule has 0 atom stereocenters. The predicted octanol–water partition coefficient (Wildman–Crippen LogP) is 14.4. The zero-order valence-electron chi connectivity index (χ0n) is 61.1. The molecule has 0 aliphatic rings. The van der Waals surface area contributed by atoms with Gasteiger partial charge in [-0.15, -0.1) is 0 Å². The average molecular weight is 1540 g/mol.